The van der Waals surface area contributed by atoms with Crippen LogP contribution in [0.15, 0.2) is 72.9 Å². The minimum absolute atomic E-state index is 0.0801. The van der Waals surface area contributed by atoms with Crippen LogP contribution < -0.4 is 4.74 Å². The molecule has 0 spiro atoms. The molecule has 0 saturated carbocycles. The van der Waals surface area contributed by atoms with Crippen molar-refractivity contribution in [3.8, 4) is 17.0 Å². The summed E-state index contributed by atoms with van der Waals surface area (Å²) in [4.78, 5) is 19.5. The van der Waals surface area contributed by atoms with Crippen LogP contribution in [0.25, 0.3) is 16.7 Å². The Morgan fingerprint density at radius 3 is 2.36 bits per heavy atom. The van der Waals surface area contributed by atoms with Gasteiger partial charge in [-0.3, -0.25) is 4.90 Å². The van der Waals surface area contributed by atoms with Gasteiger partial charge < -0.3 is 9.47 Å². The molecule has 2 atom stereocenters. The zero-order valence-electron chi connectivity index (χ0n) is 18.6. The molecule has 0 N–H and O–H groups in total. The molecule has 3 aromatic rings. The second kappa shape index (κ2) is 8.07. The molecule has 6 rings (SSSR count). The van der Waals surface area contributed by atoms with Crippen LogP contribution in [0, 0.1) is 0 Å². The van der Waals surface area contributed by atoms with Gasteiger partial charge in [0, 0.05) is 24.2 Å². The highest BCUT2D eigenvalue weighted by Crippen LogP contribution is 2.45. The molecule has 1 saturated heterocycles. The lowest BCUT2D eigenvalue weighted by Gasteiger charge is -2.33. The van der Waals surface area contributed by atoms with E-state index in [1.807, 2.05) is 23.2 Å². The average molecular weight is 439 g/mol. The Morgan fingerprint density at radius 1 is 1.00 bits per heavy atom. The summed E-state index contributed by atoms with van der Waals surface area (Å²) in [6, 6.07) is 21.0. The number of carbonyl (C=O) groups excluding carboxylic acids is 1. The van der Waals surface area contributed by atoms with Crippen molar-refractivity contribution >= 4 is 11.7 Å². The zero-order chi connectivity index (χ0) is 22.4. The van der Waals surface area contributed by atoms with E-state index in [1.165, 1.54) is 27.8 Å². The Bertz CT molecular complexity index is 1190. The Hall–Kier alpha value is -3.60. The Labute approximate surface area is 193 Å². The topological polar surface area (TPSA) is 51.7 Å². The van der Waals surface area contributed by atoms with Crippen LogP contribution >= 0.6 is 0 Å². The number of aromatic nitrogens is 1. The molecular weight excluding hydrogens is 412 g/mol. The zero-order valence-corrected chi connectivity index (χ0v) is 18.6. The standard InChI is InChI=1S/C28H26N2O3/c1-32-27-13-10-18(16-29-27)19-14-20-11-12-21(15-19)30(20)28(31)33-17-26-24-8-4-2-6-22(24)23-7-3-5-9-25(23)26/h2-10,13-14,16,20-21,26H,11-12,15,17H2,1H3. The number of benzene rings is 2. The first-order valence-electron chi connectivity index (χ1n) is 11.6. The highest BCUT2D eigenvalue weighted by molar-refractivity contribution is 5.79. The number of methoxy groups -OCH3 is 1. The quantitative estimate of drug-likeness (QED) is 0.527. The summed E-state index contributed by atoms with van der Waals surface area (Å²) in [6.07, 6.45) is 6.67. The fraction of sp³-hybridized carbons (Fsp3) is 0.286. The first kappa shape index (κ1) is 20.0. The number of hydrogen-bond acceptors (Lipinski definition) is 4. The Balaban J connectivity index is 1.19. The Morgan fingerprint density at radius 2 is 1.73 bits per heavy atom. The molecule has 2 unspecified atom stereocenters. The molecular formula is C28H26N2O3. The number of pyridine rings is 1. The predicted molar refractivity (Wildman–Crippen MR) is 127 cm³/mol. The van der Waals surface area contributed by atoms with Crippen molar-refractivity contribution in [3.63, 3.8) is 0 Å². The number of amides is 1. The SMILES string of the molecule is COc1ccc(C2=CC3CCC(C2)N3C(=O)OCC2c3ccccc3-c3ccccc32)cn1. The number of rotatable bonds is 4. The Kier molecular flexibility index (Phi) is 4.90. The van der Waals surface area contributed by atoms with Crippen LogP contribution in [0.5, 0.6) is 5.88 Å². The van der Waals surface area contributed by atoms with E-state index in [-0.39, 0.29) is 24.1 Å². The largest absolute Gasteiger partial charge is 0.481 e. The van der Waals surface area contributed by atoms with Gasteiger partial charge >= 0.3 is 6.09 Å². The molecule has 2 aliphatic heterocycles. The van der Waals surface area contributed by atoms with Gasteiger partial charge in [-0.1, -0.05) is 54.6 Å². The van der Waals surface area contributed by atoms with Crippen molar-refractivity contribution in [2.75, 3.05) is 13.7 Å². The molecule has 2 bridgehead atoms. The fourth-order valence-corrected chi connectivity index (χ4v) is 5.69. The third-order valence-electron chi connectivity index (χ3n) is 7.26. The lowest BCUT2D eigenvalue weighted by Crippen LogP contribution is -2.43. The minimum Gasteiger partial charge on any atom is -0.481 e. The van der Waals surface area contributed by atoms with Gasteiger partial charge in [-0.15, -0.1) is 0 Å². The lowest BCUT2D eigenvalue weighted by atomic mass is 9.96. The summed E-state index contributed by atoms with van der Waals surface area (Å²) in [5, 5.41) is 0. The van der Waals surface area contributed by atoms with Crippen LogP contribution in [-0.4, -0.2) is 41.8 Å². The highest BCUT2D eigenvalue weighted by Gasteiger charge is 2.41. The molecule has 3 heterocycles. The van der Waals surface area contributed by atoms with Crippen molar-refractivity contribution < 1.29 is 14.3 Å². The van der Waals surface area contributed by atoms with E-state index in [2.05, 4.69) is 59.6 Å². The summed E-state index contributed by atoms with van der Waals surface area (Å²) >= 11 is 0. The maximum atomic E-state index is 13.2. The first-order chi connectivity index (χ1) is 16.2. The second-order valence-corrected chi connectivity index (χ2v) is 9.00. The van der Waals surface area contributed by atoms with E-state index in [0.29, 0.717) is 12.5 Å². The van der Waals surface area contributed by atoms with Crippen molar-refractivity contribution in [2.24, 2.45) is 0 Å². The van der Waals surface area contributed by atoms with E-state index >= 15 is 0 Å². The van der Waals surface area contributed by atoms with Gasteiger partial charge in [-0.25, -0.2) is 9.78 Å². The number of carbonyl (C=O) groups is 1. The normalized spacial score (nSPS) is 20.8. The summed E-state index contributed by atoms with van der Waals surface area (Å²) in [5.41, 5.74) is 7.31. The lowest BCUT2D eigenvalue weighted by molar-refractivity contribution is 0.0866. The van der Waals surface area contributed by atoms with Crippen molar-refractivity contribution in [1.82, 2.24) is 9.88 Å². The van der Waals surface area contributed by atoms with Gasteiger partial charge in [-0.2, -0.15) is 0 Å². The molecule has 1 amide bonds. The molecule has 5 heteroatoms. The molecule has 1 aliphatic carbocycles. The van der Waals surface area contributed by atoms with Gasteiger partial charge in [0.15, 0.2) is 0 Å². The molecule has 2 aromatic carbocycles. The molecule has 33 heavy (non-hydrogen) atoms. The minimum atomic E-state index is -0.201. The fourth-order valence-electron chi connectivity index (χ4n) is 5.69. The summed E-state index contributed by atoms with van der Waals surface area (Å²) < 4.78 is 11.1. The summed E-state index contributed by atoms with van der Waals surface area (Å²) in [6.45, 7) is 0.363. The molecule has 1 aromatic heterocycles. The number of nitrogens with zero attached hydrogens (tertiary/aromatic N) is 2. The van der Waals surface area contributed by atoms with Gasteiger partial charge in [0.2, 0.25) is 5.88 Å². The number of fused-ring (bicyclic) bond motifs is 5. The smallest absolute Gasteiger partial charge is 0.410 e. The van der Waals surface area contributed by atoms with E-state index in [0.717, 1.165) is 24.8 Å². The van der Waals surface area contributed by atoms with Crippen molar-refractivity contribution in [3.05, 3.63) is 89.6 Å². The summed E-state index contributed by atoms with van der Waals surface area (Å²) in [7, 11) is 1.62. The second-order valence-electron chi connectivity index (χ2n) is 9.00. The highest BCUT2D eigenvalue weighted by atomic mass is 16.6. The third-order valence-corrected chi connectivity index (χ3v) is 7.26. The molecule has 0 radical (unpaired) electrons. The first-order valence-corrected chi connectivity index (χ1v) is 11.6. The molecule has 166 valence electrons. The number of hydrogen-bond donors (Lipinski definition) is 0. The summed E-state index contributed by atoms with van der Waals surface area (Å²) in [5.74, 6) is 0.693. The van der Waals surface area contributed by atoms with Crippen LogP contribution in [0.2, 0.25) is 0 Å². The average Bonchev–Trinajstić information content (AvgIpc) is 3.33. The van der Waals surface area contributed by atoms with E-state index in [1.54, 1.807) is 7.11 Å². The number of ether oxygens (including phenoxy) is 2. The van der Waals surface area contributed by atoms with Gasteiger partial charge in [0.05, 0.1) is 13.2 Å². The van der Waals surface area contributed by atoms with Gasteiger partial charge in [0.1, 0.15) is 6.61 Å². The molecule has 5 nitrogen and oxygen atoms in total. The van der Waals surface area contributed by atoms with E-state index < -0.39 is 0 Å². The van der Waals surface area contributed by atoms with Gasteiger partial charge in [0.25, 0.3) is 0 Å². The van der Waals surface area contributed by atoms with Crippen molar-refractivity contribution in [1.29, 1.82) is 0 Å². The van der Waals surface area contributed by atoms with Crippen LogP contribution in [0.4, 0.5) is 4.79 Å². The van der Waals surface area contributed by atoms with E-state index in [4.69, 9.17) is 9.47 Å². The van der Waals surface area contributed by atoms with Crippen LogP contribution in [-0.2, 0) is 4.74 Å². The molecule has 1 fully saturated rings. The van der Waals surface area contributed by atoms with Gasteiger partial charge in [-0.05, 0) is 58.7 Å². The maximum absolute atomic E-state index is 13.2. The van der Waals surface area contributed by atoms with Crippen molar-refractivity contribution in [2.45, 2.75) is 37.3 Å². The van der Waals surface area contributed by atoms with E-state index in [9.17, 15) is 4.79 Å². The van der Waals surface area contributed by atoms with Crippen LogP contribution in [0.1, 0.15) is 41.9 Å². The maximum Gasteiger partial charge on any atom is 0.410 e. The third kappa shape index (κ3) is 3.39. The van der Waals surface area contributed by atoms with Crippen LogP contribution in [0.3, 0.4) is 0 Å². The molecule has 3 aliphatic rings. The predicted octanol–water partition coefficient (Wildman–Crippen LogP) is 5.66. The monoisotopic (exact) mass is 438 g/mol.